The second kappa shape index (κ2) is 6.83. The Morgan fingerprint density at radius 1 is 1.17 bits per heavy atom. The number of nitrogens with zero attached hydrogens (tertiary/aromatic N) is 1. The molecule has 0 spiro atoms. The molecule has 0 aliphatic carbocycles. The van der Waals surface area contributed by atoms with Gasteiger partial charge in [-0.3, -0.25) is 4.79 Å². The number of benzene rings is 2. The maximum absolute atomic E-state index is 13.8. The smallest absolute Gasteiger partial charge is 0.338 e. The van der Waals surface area contributed by atoms with Crippen LogP contribution in [0.15, 0.2) is 42.5 Å². The Balaban J connectivity index is 1.91. The summed E-state index contributed by atoms with van der Waals surface area (Å²) in [4.78, 5) is 26.2. The third-order valence-electron chi connectivity index (χ3n) is 4.26. The predicted molar refractivity (Wildman–Crippen MR) is 88.6 cm³/mol. The number of anilines is 1. The zero-order chi connectivity index (χ0) is 17.1. The molecule has 0 saturated heterocycles. The average molecular weight is 327 g/mol. The highest BCUT2D eigenvalue weighted by atomic mass is 19.1. The van der Waals surface area contributed by atoms with E-state index in [4.69, 9.17) is 4.74 Å². The molecular formula is C19H18FNO3. The number of rotatable bonds is 3. The number of fused-ring (bicyclic) bond motifs is 1. The number of hydrogen-bond acceptors (Lipinski definition) is 3. The summed E-state index contributed by atoms with van der Waals surface area (Å²) in [5.74, 6) is -0.968. The molecule has 0 saturated carbocycles. The van der Waals surface area contributed by atoms with Crippen LogP contribution in [0, 0.1) is 5.82 Å². The van der Waals surface area contributed by atoms with E-state index >= 15 is 0 Å². The fourth-order valence-corrected chi connectivity index (χ4v) is 3.09. The molecule has 0 bridgehead atoms. The van der Waals surface area contributed by atoms with Crippen LogP contribution in [0.25, 0.3) is 0 Å². The highest BCUT2D eigenvalue weighted by Gasteiger charge is 2.26. The third kappa shape index (κ3) is 3.02. The highest BCUT2D eigenvalue weighted by molar-refractivity contribution is 5.99. The molecule has 2 aromatic carbocycles. The van der Waals surface area contributed by atoms with Gasteiger partial charge in [0.1, 0.15) is 5.82 Å². The van der Waals surface area contributed by atoms with Gasteiger partial charge in [0.05, 0.1) is 19.1 Å². The number of carbonyl (C=O) groups excluding carboxylic acids is 2. The molecule has 24 heavy (non-hydrogen) atoms. The molecule has 0 fully saturated rings. The van der Waals surface area contributed by atoms with Gasteiger partial charge in [0.15, 0.2) is 0 Å². The maximum Gasteiger partial charge on any atom is 0.338 e. The Hall–Kier alpha value is -2.69. The second-order valence-electron chi connectivity index (χ2n) is 5.71. The quantitative estimate of drug-likeness (QED) is 0.814. The second-order valence-corrected chi connectivity index (χ2v) is 5.71. The van der Waals surface area contributed by atoms with E-state index in [-0.39, 0.29) is 18.1 Å². The summed E-state index contributed by atoms with van der Waals surface area (Å²) in [6.07, 6.45) is 1.46. The maximum atomic E-state index is 13.8. The van der Waals surface area contributed by atoms with Crippen molar-refractivity contribution in [2.45, 2.75) is 19.3 Å². The van der Waals surface area contributed by atoms with Crippen LogP contribution in [0.1, 0.15) is 27.9 Å². The topological polar surface area (TPSA) is 46.6 Å². The highest BCUT2D eigenvalue weighted by Crippen LogP contribution is 2.31. The minimum atomic E-state index is -0.407. The minimum Gasteiger partial charge on any atom is -0.465 e. The molecule has 0 radical (unpaired) electrons. The van der Waals surface area contributed by atoms with Crippen LogP contribution in [-0.4, -0.2) is 25.5 Å². The lowest BCUT2D eigenvalue weighted by Gasteiger charge is -2.30. The number of esters is 1. The normalized spacial score (nSPS) is 13.3. The zero-order valence-corrected chi connectivity index (χ0v) is 13.4. The Morgan fingerprint density at radius 2 is 1.96 bits per heavy atom. The summed E-state index contributed by atoms with van der Waals surface area (Å²) < 4.78 is 18.6. The van der Waals surface area contributed by atoms with Crippen molar-refractivity contribution in [1.29, 1.82) is 0 Å². The molecule has 0 N–H and O–H groups in total. The van der Waals surface area contributed by atoms with Gasteiger partial charge in [-0.25, -0.2) is 9.18 Å². The van der Waals surface area contributed by atoms with Gasteiger partial charge in [0.2, 0.25) is 5.91 Å². The van der Waals surface area contributed by atoms with Crippen LogP contribution >= 0.6 is 0 Å². The Bertz CT molecular complexity index is 788. The Kier molecular flexibility index (Phi) is 4.60. The molecule has 1 aliphatic rings. The van der Waals surface area contributed by atoms with E-state index in [2.05, 4.69) is 0 Å². The fourth-order valence-electron chi connectivity index (χ4n) is 3.09. The number of hydrogen-bond donors (Lipinski definition) is 0. The average Bonchev–Trinajstić information content (AvgIpc) is 2.61. The molecule has 2 aromatic rings. The summed E-state index contributed by atoms with van der Waals surface area (Å²) in [6, 6.07) is 11.5. The summed E-state index contributed by atoms with van der Waals surface area (Å²) in [6.45, 7) is 0.560. The predicted octanol–water partition coefficient (Wildman–Crippen LogP) is 3.13. The molecule has 0 unspecified atom stereocenters. The molecule has 3 rings (SSSR count). The SMILES string of the molecule is COC(=O)c1cccc2c1CCCN2C(=O)Cc1ccccc1F. The van der Waals surface area contributed by atoms with E-state index in [9.17, 15) is 14.0 Å². The van der Waals surface area contributed by atoms with Crippen molar-refractivity contribution in [3.8, 4) is 0 Å². The molecule has 1 heterocycles. The van der Waals surface area contributed by atoms with Gasteiger partial charge in [-0.2, -0.15) is 0 Å². The fraction of sp³-hybridized carbons (Fsp3) is 0.263. The Morgan fingerprint density at radius 3 is 2.71 bits per heavy atom. The molecule has 124 valence electrons. The van der Waals surface area contributed by atoms with Gasteiger partial charge in [0.25, 0.3) is 0 Å². The molecule has 4 nitrogen and oxygen atoms in total. The first-order chi connectivity index (χ1) is 11.6. The summed E-state index contributed by atoms with van der Waals surface area (Å²) in [5, 5.41) is 0. The molecule has 1 aliphatic heterocycles. The minimum absolute atomic E-state index is 0.00539. The van der Waals surface area contributed by atoms with E-state index < -0.39 is 5.97 Å². The van der Waals surface area contributed by atoms with Gasteiger partial charge >= 0.3 is 5.97 Å². The van der Waals surface area contributed by atoms with Crippen molar-refractivity contribution in [3.05, 3.63) is 65.0 Å². The first kappa shape index (κ1) is 16.2. The van der Waals surface area contributed by atoms with Crippen molar-refractivity contribution in [1.82, 2.24) is 0 Å². The largest absolute Gasteiger partial charge is 0.465 e. The number of methoxy groups -OCH3 is 1. The van der Waals surface area contributed by atoms with Crippen LogP contribution in [0.5, 0.6) is 0 Å². The van der Waals surface area contributed by atoms with Gasteiger partial charge < -0.3 is 9.64 Å². The summed E-state index contributed by atoms with van der Waals surface area (Å²) in [5.41, 5.74) is 2.39. The van der Waals surface area contributed by atoms with E-state index in [0.717, 1.165) is 12.0 Å². The van der Waals surface area contributed by atoms with Gasteiger partial charge in [-0.15, -0.1) is 0 Å². The van der Waals surface area contributed by atoms with E-state index in [1.54, 1.807) is 35.2 Å². The lowest BCUT2D eigenvalue weighted by molar-refractivity contribution is -0.118. The first-order valence-electron chi connectivity index (χ1n) is 7.86. The van der Waals surface area contributed by atoms with Crippen LogP contribution < -0.4 is 4.90 Å². The van der Waals surface area contributed by atoms with E-state index in [0.29, 0.717) is 29.8 Å². The van der Waals surface area contributed by atoms with Crippen molar-refractivity contribution in [3.63, 3.8) is 0 Å². The third-order valence-corrected chi connectivity index (χ3v) is 4.26. The van der Waals surface area contributed by atoms with Gasteiger partial charge in [-0.1, -0.05) is 24.3 Å². The van der Waals surface area contributed by atoms with Crippen molar-refractivity contribution in [2.24, 2.45) is 0 Å². The van der Waals surface area contributed by atoms with Crippen LogP contribution in [0.2, 0.25) is 0 Å². The van der Waals surface area contributed by atoms with Crippen LogP contribution in [-0.2, 0) is 22.4 Å². The van der Waals surface area contributed by atoms with Gasteiger partial charge in [0, 0.05) is 12.2 Å². The molecule has 0 aromatic heterocycles. The Labute approximate surface area is 139 Å². The number of ether oxygens (including phenoxy) is 1. The summed E-state index contributed by atoms with van der Waals surface area (Å²) >= 11 is 0. The van der Waals surface area contributed by atoms with Crippen molar-refractivity contribution in [2.75, 3.05) is 18.6 Å². The van der Waals surface area contributed by atoms with E-state index in [1.807, 2.05) is 6.07 Å². The van der Waals surface area contributed by atoms with Gasteiger partial charge in [-0.05, 0) is 42.2 Å². The molecule has 5 heteroatoms. The molecule has 1 amide bonds. The number of carbonyl (C=O) groups is 2. The van der Waals surface area contributed by atoms with Crippen LogP contribution in [0.3, 0.4) is 0 Å². The zero-order valence-electron chi connectivity index (χ0n) is 13.4. The first-order valence-corrected chi connectivity index (χ1v) is 7.86. The number of amides is 1. The van der Waals surface area contributed by atoms with E-state index in [1.165, 1.54) is 13.2 Å². The molecular weight excluding hydrogens is 309 g/mol. The van der Waals surface area contributed by atoms with Crippen molar-refractivity contribution < 1.29 is 18.7 Å². The van der Waals surface area contributed by atoms with Crippen molar-refractivity contribution >= 4 is 17.6 Å². The lowest BCUT2D eigenvalue weighted by Crippen LogP contribution is -2.37. The lowest BCUT2D eigenvalue weighted by atomic mass is 9.95. The standard InChI is InChI=1S/C19H18FNO3/c1-24-19(23)15-7-4-10-17-14(15)8-5-11-21(17)18(22)12-13-6-2-3-9-16(13)20/h2-4,6-7,9-10H,5,8,11-12H2,1H3. The summed E-state index contributed by atoms with van der Waals surface area (Å²) in [7, 11) is 1.34. The molecule has 0 atom stereocenters. The van der Waals surface area contributed by atoms with Crippen LogP contribution in [0.4, 0.5) is 10.1 Å². The monoisotopic (exact) mass is 327 g/mol. The number of halogens is 1.